The van der Waals surface area contributed by atoms with Crippen LogP contribution in [0.25, 0.3) is 34.0 Å². The number of ether oxygens (including phenoxy) is 1. The number of nitrogens with zero attached hydrogens (tertiary/aromatic N) is 3. The van der Waals surface area contributed by atoms with Crippen molar-refractivity contribution in [2.24, 2.45) is 5.41 Å². The summed E-state index contributed by atoms with van der Waals surface area (Å²) in [7, 11) is 0. The SMILES string of the molecule is O=C(COC(=O)C1(C(=O)O)CCN(Cc2ccc(-c3noc(-c4ccc(-c5ccccc5)c(F)c4)n3)cc2)CC1)NC1CC1. The highest BCUT2D eigenvalue weighted by Gasteiger charge is 2.50. The Kier molecular flexibility index (Phi) is 8.21. The van der Waals surface area contributed by atoms with E-state index in [1.54, 1.807) is 12.1 Å². The van der Waals surface area contributed by atoms with Gasteiger partial charge in [0.1, 0.15) is 5.82 Å². The molecule has 1 aromatic heterocycles. The smallest absolute Gasteiger partial charge is 0.324 e. The average Bonchev–Trinajstić information content (AvgIpc) is 3.71. The van der Waals surface area contributed by atoms with E-state index >= 15 is 0 Å². The fourth-order valence-electron chi connectivity index (χ4n) is 5.34. The van der Waals surface area contributed by atoms with Crippen LogP contribution in [0.5, 0.6) is 0 Å². The van der Waals surface area contributed by atoms with Gasteiger partial charge in [-0.25, -0.2) is 4.39 Å². The number of hydrogen-bond donors (Lipinski definition) is 2. The second-order valence-corrected chi connectivity index (χ2v) is 11.3. The van der Waals surface area contributed by atoms with E-state index in [0.717, 1.165) is 29.5 Å². The van der Waals surface area contributed by atoms with Crippen LogP contribution in [0.2, 0.25) is 0 Å². The normalized spacial score (nSPS) is 16.3. The summed E-state index contributed by atoms with van der Waals surface area (Å²) in [4.78, 5) is 43.3. The monoisotopic (exact) mass is 598 g/mol. The van der Waals surface area contributed by atoms with Crippen molar-refractivity contribution in [2.45, 2.75) is 38.3 Å². The number of carbonyl (C=O) groups excluding carboxylic acids is 2. The van der Waals surface area contributed by atoms with Crippen molar-refractivity contribution in [1.29, 1.82) is 0 Å². The maximum absolute atomic E-state index is 14.9. The number of piperidine rings is 1. The molecule has 0 unspecified atom stereocenters. The first-order valence-electron chi connectivity index (χ1n) is 14.5. The van der Waals surface area contributed by atoms with Gasteiger partial charge in [-0.3, -0.25) is 19.3 Å². The molecule has 44 heavy (non-hydrogen) atoms. The molecule has 11 heteroatoms. The van der Waals surface area contributed by atoms with Crippen molar-refractivity contribution >= 4 is 17.8 Å². The number of carboxylic acids is 1. The number of nitrogens with one attached hydrogen (secondary N) is 1. The summed E-state index contributed by atoms with van der Waals surface area (Å²) in [6, 6.07) is 21.8. The third-order valence-corrected chi connectivity index (χ3v) is 8.13. The topological polar surface area (TPSA) is 135 Å². The molecule has 1 saturated heterocycles. The number of aliphatic carboxylic acids is 1. The van der Waals surface area contributed by atoms with Gasteiger partial charge < -0.3 is 19.7 Å². The van der Waals surface area contributed by atoms with E-state index in [1.165, 1.54) is 6.07 Å². The number of aromatic nitrogens is 2. The van der Waals surface area contributed by atoms with Crippen LogP contribution in [0, 0.1) is 11.2 Å². The third kappa shape index (κ3) is 6.37. The fraction of sp³-hybridized carbons (Fsp3) is 0.303. The Bertz CT molecular complexity index is 1660. The number of benzene rings is 3. The molecular weight excluding hydrogens is 567 g/mol. The highest BCUT2D eigenvalue weighted by molar-refractivity contribution is 6.00. The van der Waals surface area contributed by atoms with Crippen LogP contribution < -0.4 is 5.32 Å². The summed E-state index contributed by atoms with van der Waals surface area (Å²) in [6.07, 6.45) is 1.98. The Morgan fingerprint density at radius 1 is 0.977 bits per heavy atom. The first-order chi connectivity index (χ1) is 21.3. The molecule has 1 aliphatic carbocycles. The molecule has 2 aliphatic rings. The zero-order valence-electron chi connectivity index (χ0n) is 23.9. The second kappa shape index (κ2) is 12.4. The van der Waals surface area contributed by atoms with Crippen LogP contribution >= 0.6 is 0 Å². The Balaban J connectivity index is 1.04. The predicted octanol–water partition coefficient (Wildman–Crippen LogP) is 4.70. The van der Waals surface area contributed by atoms with Gasteiger partial charge in [-0.05, 0) is 48.9 Å². The summed E-state index contributed by atoms with van der Waals surface area (Å²) in [6.45, 7) is 0.843. The number of hydrogen-bond acceptors (Lipinski definition) is 8. The molecule has 10 nitrogen and oxygen atoms in total. The molecule has 3 aromatic carbocycles. The van der Waals surface area contributed by atoms with Gasteiger partial charge in [-0.2, -0.15) is 4.98 Å². The van der Waals surface area contributed by atoms with Crippen LogP contribution in [-0.2, 0) is 25.7 Å². The Hall–Kier alpha value is -4.90. The molecule has 0 atom stereocenters. The fourth-order valence-corrected chi connectivity index (χ4v) is 5.34. The molecule has 0 bridgehead atoms. The van der Waals surface area contributed by atoms with Crippen LogP contribution in [-0.4, -0.2) is 63.7 Å². The summed E-state index contributed by atoms with van der Waals surface area (Å²) in [5.74, 6) is -2.32. The standard InChI is InChI=1S/C33H31FN4O6/c34-27-18-24(10-13-26(27)22-4-2-1-3-5-22)30-36-29(37-44-30)23-8-6-21(7-9-23)19-38-16-14-33(15-17-38,31(40)41)32(42)43-20-28(39)35-25-11-12-25/h1-10,13,18,25H,11-12,14-17,19-20H2,(H,35,39)(H,40,41). The van der Waals surface area contributed by atoms with E-state index in [9.17, 15) is 23.9 Å². The molecule has 4 aromatic rings. The van der Waals surface area contributed by atoms with E-state index < -0.39 is 29.9 Å². The summed E-state index contributed by atoms with van der Waals surface area (Å²) in [5, 5.41) is 16.7. The lowest BCUT2D eigenvalue weighted by Crippen LogP contribution is -2.50. The van der Waals surface area contributed by atoms with Gasteiger partial charge in [0, 0.05) is 42.4 Å². The van der Waals surface area contributed by atoms with Gasteiger partial charge in [-0.15, -0.1) is 0 Å². The largest absolute Gasteiger partial charge is 0.480 e. The van der Waals surface area contributed by atoms with Crippen molar-refractivity contribution in [1.82, 2.24) is 20.4 Å². The van der Waals surface area contributed by atoms with Crippen molar-refractivity contribution in [3.8, 4) is 34.0 Å². The van der Waals surface area contributed by atoms with Gasteiger partial charge >= 0.3 is 11.9 Å². The number of carboxylic acid groups (broad SMARTS) is 1. The number of rotatable bonds is 10. The van der Waals surface area contributed by atoms with Crippen LogP contribution in [0.4, 0.5) is 4.39 Å². The van der Waals surface area contributed by atoms with E-state index in [-0.39, 0.29) is 30.6 Å². The van der Waals surface area contributed by atoms with Gasteiger partial charge in [0.15, 0.2) is 12.0 Å². The minimum Gasteiger partial charge on any atom is -0.480 e. The molecule has 0 radical (unpaired) electrons. The van der Waals surface area contributed by atoms with E-state index in [1.807, 2.05) is 54.6 Å². The van der Waals surface area contributed by atoms with Crippen LogP contribution in [0.15, 0.2) is 77.3 Å². The summed E-state index contributed by atoms with van der Waals surface area (Å²) < 4.78 is 25.4. The summed E-state index contributed by atoms with van der Waals surface area (Å²) in [5.41, 5.74) is 1.79. The molecule has 0 spiro atoms. The maximum Gasteiger partial charge on any atom is 0.324 e. The van der Waals surface area contributed by atoms with E-state index in [4.69, 9.17) is 9.26 Å². The minimum atomic E-state index is -1.67. The van der Waals surface area contributed by atoms with Gasteiger partial charge in [0.25, 0.3) is 11.8 Å². The third-order valence-electron chi connectivity index (χ3n) is 8.13. The molecular formula is C33H31FN4O6. The average molecular weight is 599 g/mol. The van der Waals surface area contributed by atoms with E-state index in [2.05, 4.69) is 20.4 Å². The number of likely N-dealkylation sites (tertiary alicyclic amines) is 1. The number of carbonyl (C=O) groups is 3. The minimum absolute atomic E-state index is 0.0854. The van der Waals surface area contributed by atoms with Gasteiger partial charge in [0.2, 0.25) is 5.82 Å². The van der Waals surface area contributed by atoms with Crippen molar-refractivity contribution in [3.05, 3.63) is 84.2 Å². The maximum atomic E-state index is 14.9. The molecule has 226 valence electrons. The Morgan fingerprint density at radius 3 is 2.34 bits per heavy atom. The van der Waals surface area contributed by atoms with Crippen molar-refractivity contribution in [2.75, 3.05) is 19.7 Å². The molecule has 1 saturated carbocycles. The van der Waals surface area contributed by atoms with Crippen LogP contribution in [0.3, 0.4) is 0 Å². The first-order valence-corrected chi connectivity index (χ1v) is 14.5. The van der Waals surface area contributed by atoms with Crippen LogP contribution in [0.1, 0.15) is 31.2 Å². The lowest BCUT2D eigenvalue weighted by Gasteiger charge is -2.37. The first kappa shape index (κ1) is 29.2. The lowest BCUT2D eigenvalue weighted by atomic mass is 9.78. The van der Waals surface area contributed by atoms with Crippen molar-refractivity contribution in [3.63, 3.8) is 0 Å². The second-order valence-electron chi connectivity index (χ2n) is 11.3. The number of amides is 1. The molecule has 6 rings (SSSR count). The van der Waals surface area contributed by atoms with Gasteiger partial charge in [0.05, 0.1) is 0 Å². The zero-order valence-corrected chi connectivity index (χ0v) is 23.9. The molecule has 1 amide bonds. The zero-order chi connectivity index (χ0) is 30.7. The highest BCUT2D eigenvalue weighted by atomic mass is 19.1. The Labute approximate surface area is 252 Å². The molecule has 2 N–H and O–H groups in total. The lowest BCUT2D eigenvalue weighted by molar-refractivity contribution is -0.174. The predicted molar refractivity (Wildman–Crippen MR) is 157 cm³/mol. The summed E-state index contributed by atoms with van der Waals surface area (Å²) >= 11 is 0. The van der Waals surface area contributed by atoms with Crippen molar-refractivity contribution < 1.29 is 33.1 Å². The molecule has 2 heterocycles. The van der Waals surface area contributed by atoms with E-state index in [0.29, 0.717) is 36.6 Å². The molecule has 1 aliphatic heterocycles. The molecule has 2 fully saturated rings. The number of esters is 1. The Morgan fingerprint density at radius 2 is 1.68 bits per heavy atom. The number of halogens is 1. The van der Waals surface area contributed by atoms with Gasteiger partial charge in [-0.1, -0.05) is 65.8 Å². The highest BCUT2D eigenvalue weighted by Crippen LogP contribution is 2.34. The quantitative estimate of drug-likeness (QED) is 0.197.